The average Bonchev–Trinajstić information content (AvgIpc) is 2.80. The number of methoxy groups -OCH3 is 2. The number of hydrogen-bond acceptors (Lipinski definition) is 6. The van der Waals surface area contributed by atoms with Gasteiger partial charge in [0.15, 0.2) is 24.2 Å². The molecule has 0 aliphatic carbocycles. The van der Waals surface area contributed by atoms with E-state index in [0.717, 1.165) is 16.3 Å². The van der Waals surface area contributed by atoms with Crippen LogP contribution in [-0.2, 0) is 20.9 Å². The number of carbonyl (C=O) groups is 2. The maximum atomic E-state index is 12.3. The van der Waals surface area contributed by atoms with Crippen LogP contribution in [0.1, 0.15) is 12.5 Å². The van der Waals surface area contributed by atoms with Crippen LogP contribution in [0.4, 0.5) is 0 Å². The number of benzene rings is 3. The van der Waals surface area contributed by atoms with E-state index in [-0.39, 0.29) is 13.2 Å². The van der Waals surface area contributed by atoms with Crippen molar-refractivity contribution >= 4 is 22.6 Å². The van der Waals surface area contributed by atoms with Crippen LogP contribution in [0.2, 0.25) is 0 Å². The summed E-state index contributed by atoms with van der Waals surface area (Å²) in [4.78, 5) is 24.3. The zero-order chi connectivity index (χ0) is 22.2. The largest absolute Gasteiger partial charge is 0.493 e. The Balaban J connectivity index is 1.46. The van der Waals surface area contributed by atoms with Crippen LogP contribution in [0.15, 0.2) is 60.7 Å². The number of amides is 1. The summed E-state index contributed by atoms with van der Waals surface area (Å²) in [5.74, 6) is 0.697. The van der Waals surface area contributed by atoms with E-state index < -0.39 is 18.0 Å². The number of nitrogens with one attached hydrogen (secondary N) is 1. The average molecular weight is 423 g/mol. The first-order chi connectivity index (χ1) is 15.0. The van der Waals surface area contributed by atoms with Crippen molar-refractivity contribution in [3.05, 3.63) is 66.2 Å². The number of fused-ring (bicyclic) bond motifs is 1. The van der Waals surface area contributed by atoms with E-state index in [4.69, 9.17) is 18.9 Å². The van der Waals surface area contributed by atoms with Crippen molar-refractivity contribution in [1.29, 1.82) is 0 Å². The summed E-state index contributed by atoms with van der Waals surface area (Å²) < 4.78 is 21.1. The predicted octanol–water partition coefficient (Wildman–Crippen LogP) is 3.48. The topological polar surface area (TPSA) is 83.1 Å². The van der Waals surface area contributed by atoms with Gasteiger partial charge in [-0.25, -0.2) is 4.79 Å². The van der Waals surface area contributed by atoms with Gasteiger partial charge < -0.3 is 24.3 Å². The fraction of sp³-hybridized carbons (Fsp3) is 0.250. The molecular weight excluding hydrogens is 398 g/mol. The van der Waals surface area contributed by atoms with Gasteiger partial charge in [-0.2, -0.15) is 0 Å². The molecule has 0 saturated heterocycles. The summed E-state index contributed by atoms with van der Waals surface area (Å²) in [6, 6.07) is 18.7. The zero-order valence-corrected chi connectivity index (χ0v) is 17.7. The van der Waals surface area contributed by atoms with Gasteiger partial charge in [0, 0.05) is 6.54 Å². The molecule has 3 aromatic rings. The first kappa shape index (κ1) is 22.0. The van der Waals surface area contributed by atoms with Crippen molar-refractivity contribution in [3.8, 4) is 17.2 Å². The van der Waals surface area contributed by atoms with Gasteiger partial charge in [0.25, 0.3) is 5.91 Å². The van der Waals surface area contributed by atoms with Crippen molar-refractivity contribution in [1.82, 2.24) is 5.32 Å². The monoisotopic (exact) mass is 423 g/mol. The number of carbonyl (C=O) groups excluding carboxylic acids is 2. The zero-order valence-electron chi connectivity index (χ0n) is 17.7. The van der Waals surface area contributed by atoms with E-state index in [0.29, 0.717) is 17.2 Å². The minimum absolute atomic E-state index is 0.259. The van der Waals surface area contributed by atoms with Crippen LogP contribution >= 0.6 is 0 Å². The highest BCUT2D eigenvalue weighted by molar-refractivity contribution is 5.85. The van der Waals surface area contributed by atoms with Crippen LogP contribution < -0.4 is 19.5 Å². The Morgan fingerprint density at radius 2 is 1.65 bits per heavy atom. The lowest BCUT2D eigenvalue weighted by Crippen LogP contribution is -2.36. The molecule has 0 radical (unpaired) electrons. The van der Waals surface area contributed by atoms with E-state index >= 15 is 0 Å². The lowest BCUT2D eigenvalue weighted by molar-refractivity contribution is -0.156. The molecule has 7 nitrogen and oxygen atoms in total. The first-order valence-corrected chi connectivity index (χ1v) is 9.80. The Hall–Kier alpha value is -3.74. The summed E-state index contributed by atoms with van der Waals surface area (Å²) in [6.07, 6.45) is -0.951. The van der Waals surface area contributed by atoms with Crippen LogP contribution in [-0.4, -0.2) is 38.8 Å². The highest BCUT2D eigenvalue weighted by Gasteiger charge is 2.18. The Bertz CT molecular complexity index is 1060. The molecule has 0 aromatic heterocycles. The molecule has 0 heterocycles. The third-order valence-corrected chi connectivity index (χ3v) is 4.67. The van der Waals surface area contributed by atoms with Gasteiger partial charge in [-0.1, -0.05) is 36.4 Å². The minimum Gasteiger partial charge on any atom is -0.493 e. The quantitative estimate of drug-likeness (QED) is 0.531. The van der Waals surface area contributed by atoms with Crippen molar-refractivity contribution in [2.45, 2.75) is 19.6 Å². The van der Waals surface area contributed by atoms with Crippen molar-refractivity contribution in [2.24, 2.45) is 0 Å². The van der Waals surface area contributed by atoms with Gasteiger partial charge in [-0.15, -0.1) is 0 Å². The first-order valence-electron chi connectivity index (χ1n) is 9.80. The fourth-order valence-electron chi connectivity index (χ4n) is 3.01. The molecule has 1 N–H and O–H groups in total. The van der Waals surface area contributed by atoms with E-state index in [2.05, 4.69) is 5.32 Å². The second-order valence-corrected chi connectivity index (χ2v) is 6.84. The molecule has 162 valence electrons. The van der Waals surface area contributed by atoms with Crippen LogP contribution in [0, 0.1) is 0 Å². The molecule has 1 atom stereocenters. The Morgan fingerprint density at radius 1 is 0.903 bits per heavy atom. The highest BCUT2D eigenvalue weighted by Crippen LogP contribution is 2.27. The van der Waals surface area contributed by atoms with E-state index in [1.54, 1.807) is 32.4 Å². The SMILES string of the molecule is COc1ccc(CNC(=O)C(C)OC(=O)COc2ccc3ccccc3c2)cc1OC. The summed E-state index contributed by atoms with van der Waals surface area (Å²) in [5.41, 5.74) is 0.823. The number of esters is 1. The maximum Gasteiger partial charge on any atom is 0.344 e. The third kappa shape index (κ3) is 5.88. The molecule has 0 fully saturated rings. The Labute approximate surface area is 180 Å². The molecule has 1 unspecified atom stereocenters. The molecule has 3 rings (SSSR count). The molecule has 31 heavy (non-hydrogen) atoms. The standard InChI is InChI=1S/C24H25NO6/c1-16(24(27)25-14-17-8-11-21(28-2)22(12-17)29-3)31-23(26)15-30-20-10-9-18-6-4-5-7-19(18)13-20/h4-13,16H,14-15H2,1-3H3,(H,25,27). The second-order valence-electron chi connectivity index (χ2n) is 6.84. The molecule has 7 heteroatoms. The Morgan fingerprint density at radius 3 is 2.39 bits per heavy atom. The molecule has 0 spiro atoms. The summed E-state index contributed by atoms with van der Waals surface area (Å²) in [6.45, 7) is 1.48. The van der Waals surface area contributed by atoms with Gasteiger partial charge >= 0.3 is 5.97 Å². The minimum atomic E-state index is -0.951. The normalized spacial score (nSPS) is 11.5. The summed E-state index contributed by atoms with van der Waals surface area (Å²) in [5, 5.41) is 4.82. The van der Waals surface area contributed by atoms with Gasteiger partial charge in [0.05, 0.1) is 14.2 Å². The highest BCUT2D eigenvalue weighted by atomic mass is 16.6. The smallest absolute Gasteiger partial charge is 0.344 e. The number of ether oxygens (including phenoxy) is 4. The molecular formula is C24H25NO6. The van der Waals surface area contributed by atoms with Crippen LogP contribution in [0.3, 0.4) is 0 Å². The van der Waals surface area contributed by atoms with Gasteiger partial charge in [0.2, 0.25) is 0 Å². The summed E-state index contributed by atoms with van der Waals surface area (Å²) >= 11 is 0. The Kier molecular flexibility index (Phi) is 7.32. The van der Waals surface area contributed by atoms with Gasteiger partial charge in [-0.05, 0) is 47.5 Å². The second kappa shape index (κ2) is 10.3. The molecule has 0 aliphatic rings. The lowest BCUT2D eigenvalue weighted by atomic mass is 10.1. The predicted molar refractivity (Wildman–Crippen MR) is 116 cm³/mol. The fourth-order valence-corrected chi connectivity index (χ4v) is 3.01. The lowest BCUT2D eigenvalue weighted by Gasteiger charge is -2.15. The number of hydrogen-bond donors (Lipinski definition) is 1. The molecule has 0 bridgehead atoms. The number of rotatable bonds is 9. The maximum absolute atomic E-state index is 12.3. The van der Waals surface area contributed by atoms with Gasteiger partial charge in [0.1, 0.15) is 5.75 Å². The molecule has 0 aliphatic heterocycles. The van der Waals surface area contributed by atoms with Crippen molar-refractivity contribution in [3.63, 3.8) is 0 Å². The molecule has 3 aromatic carbocycles. The van der Waals surface area contributed by atoms with Crippen LogP contribution in [0.5, 0.6) is 17.2 Å². The molecule has 0 saturated carbocycles. The van der Waals surface area contributed by atoms with Gasteiger partial charge in [-0.3, -0.25) is 4.79 Å². The van der Waals surface area contributed by atoms with E-state index in [1.165, 1.54) is 6.92 Å². The van der Waals surface area contributed by atoms with E-state index in [9.17, 15) is 9.59 Å². The third-order valence-electron chi connectivity index (χ3n) is 4.67. The summed E-state index contributed by atoms with van der Waals surface area (Å²) in [7, 11) is 3.10. The van der Waals surface area contributed by atoms with E-state index in [1.807, 2.05) is 42.5 Å². The molecule has 1 amide bonds. The van der Waals surface area contributed by atoms with Crippen LogP contribution in [0.25, 0.3) is 10.8 Å². The van der Waals surface area contributed by atoms with Crippen molar-refractivity contribution in [2.75, 3.05) is 20.8 Å². The van der Waals surface area contributed by atoms with Crippen molar-refractivity contribution < 1.29 is 28.5 Å².